The van der Waals surface area contributed by atoms with Gasteiger partial charge in [0, 0.05) is 36.3 Å². The molecular weight excluding hydrogens is 478 g/mol. The number of carbonyl (C=O) groups is 1. The Morgan fingerprint density at radius 1 is 1.00 bits per heavy atom. The van der Waals surface area contributed by atoms with E-state index in [1.54, 1.807) is 20.8 Å². The topological polar surface area (TPSA) is 60.6 Å². The van der Waals surface area contributed by atoms with E-state index >= 15 is 0 Å². The van der Waals surface area contributed by atoms with Gasteiger partial charge in [-0.05, 0) is 39.0 Å². The first-order chi connectivity index (χ1) is 15.7. The number of hydrogen-bond donors (Lipinski definition) is 1. The minimum atomic E-state index is -4.73. The molecular formula is C23H30F6N4O2. The Morgan fingerprint density at radius 3 is 2.09 bits per heavy atom. The monoisotopic (exact) mass is 508 g/mol. The second kappa shape index (κ2) is 9.71. The van der Waals surface area contributed by atoms with Crippen molar-refractivity contribution in [3.05, 3.63) is 46.6 Å². The molecule has 2 aromatic rings. The molecule has 1 aromatic heterocycles. The molecule has 0 atom stereocenters. The second-order valence-electron chi connectivity index (χ2n) is 10.2. The molecule has 1 N–H and O–H groups in total. The number of nitrogens with zero attached hydrogens (tertiary/aromatic N) is 3. The first-order valence-electron chi connectivity index (χ1n) is 10.8. The molecule has 1 heterocycles. The van der Waals surface area contributed by atoms with E-state index in [1.165, 1.54) is 22.5 Å². The SMILES string of the molecule is Cn1c(C(C)(C)C)c/c(=N\C(=O)c2cc(C(F)(F)F)ccc2ONC(C)(C)C)n1CCC(F)(F)F. The molecule has 0 bridgehead atoms. The van der Waals surface area contributed by atoms with Crippen molar-refractivity contribution in [1.29, 1.82) is 0 Å². The largest absolute Gasteiger partial charge is 0.416 e. The first-order valence-corrected chi connectivity index (χ1v) is 10.8. The molecule has 6 nitrogen and oxygen atoms in total. The van der Waals surface area contributed by atoms with Crippen molar-refractivity contribution in [3.63, 3.8) is 0 Å². The Hall–Kier alpha value is -2.76. The van der Waals surface area contributed by atoms with Crippen molar-refractivity contribution < 1.29 is 36.0 Å². The van der Waals surface area contributed by atoms with E-state index in [1.807, 2.05) is 20.8 Å². The molecule has 0 aliphatic heterocycles. The molecule has 0 aliphatic carbocycles. The molecule has 196 valence electrons. The lowest BCUT2D eigenvalue weighted by atomic mass is 9.92. The van der Waals surface area contributed by atoms with Gasteiger partial charge < -0.3 is 4.84 Å². The van der Waals surface area contributed by atoms with Gasteiger partial charge in [0.05, 0.1) is 17.5 Å². The fourth-order valence-corrected chi connectivity index (χ4v) is 3.20. The van der Waals surface area contributed by atoms with Gasteiger partial charge >= 0.3 is 12.4 Å². The summed E-state index contributed by atoms with van der Waals surface area (Å²) in [6, 6.07) is 3.82. The van der Waals surface area contributed by atoms with Crippen LogP contribution in [-0.2, 0) is 25.2 Å². The lowest BCUT2D eigenvalue weighted by Crippen LogP contribution is -2.38. The van der Waals surface area contributed by atoms with Crippen molar-refractivity contribution in [3.8, 4) is 5.75 Å². The number of hydroxylamine groups is 1. The minimum Gasteiger partial charge on any atom is -0.407 e. The molecule has 1 amide bonds. The minimum absolute atomic E-state index is 0.112. The maximum atomic E-state index is 13.3. The Morgan fingerprint density at radius 2 is 1.60 bits per heavy atom. The summed E-state index contributed by atoms with van der Waals surface area (Å²) in [6.07, 6.45) is -10.4. The van der Waals surface area contributed by atoms with Gasteiger partial charge in [0.25, 0.3) is 5.91 Å². The third-order valence-corrected chi connectivity index (χ3v) is 4.84. The molecule has 12 heteroatoms. The van der Waals surface area contributed by atoms with Gasteiger partial charge in [-0.2, -0.15) is 36.8 Å². The van der Waals surface area contributed by atoms with Crippen LogP contribution in [0, 0.1) is 0 Å². The van der Waals surface area contributed by atoms with Crippen molar-refractivity contribution in [2.75, 3.05) is 0 Å². The summed E-state index contributed by atoms with van der Waals surface area (Å²) < 4.78 is 81.3. The Bertz CT molecular complexity index is 1130. The molecule has 0 unspecified atom stereocenters. The number of alkyl halides is 6. The number of hydrogen-bond acceptors (Lipinski definition) is 3. The third-order valence-electron chi connectivity index (χ3n) is 4.84. The van der Waals surface area contributed by atoms with Crippen LogP contribution in [0.5, 0.6) is 5.75 Å². The summed E-state index contributed by atoms with van der Waals surface area (Å²) in [5.41, 5.74) is 0.421. The molecule has 0 spiro atoms. The number of halogens is 6. The smallest absolute Gasteiger partial charge is 0.407 e. The van der Waals surface area contributed by atoms with Crippen LogP contribution in [0.2, 0.25) is 0 Å². The maximum absolute atomic E-state index is 13.3. The van der Waals surface area contributed by atoms with Crippen LogP contribution >= 0.6 is 0 Å². The van der Waals surface area contributed by atoms with E-state index in [4.69, 9.17) is 4.84 Å². The first kappa shape index (κ1) is 28.5. The zero-order chi connectivity index (χ0) is 27.0. The molecule has 1 aromatic carbocycles. The van der Waals surface area contributed by atoms with Crippen LogP contribution in [-0.4, -0.2) is 27.0 Å². The number of rotatable bonds is 5. The van der Waals surface area contributed by atoms with Gasteiger partial charge in [-0.25, -0.2) is 0 Å². The molecule has 0 aliphatic rings. The fourth-order valence-electron chi connectivity index (χ4n) is 3.20. The van der Waals surface area contributed by atoms with Crippen LogP contribution in [0.3, 0.4) is 0 Å². The van der Waals surface area contributed by atoms with E-state index in [0.717, 1.165) is 12.1 Å². The summed E-state index contributed by atoms with van der Waals surface area (Å²) in [7, 11) is 1.53. The predicted octanol–water partition coefficient (Wildman–Crippen LogP) is 5.52. The van der Waals surface area contributed by atoms with Gasteiger partial charge in [-0.3, -0.25) is 14.2 Å². The third kappa shape index (κ3) is 7.87. The van der Waals surface area contributed by atoms with Crippen LogP contribution in [0.15, 0.2) is 29.3 Å². The van der Waals surface area contributed by atoms with Gasteiger partial charge in [0.2, 0.25) is 0 Å². The molecule has 2 rings (SSSR count). The van der Waals surface area contributed by atoms with E-state index in [0.29, 0.717) is 11.8 Å². The van der Waals surface area contributed by atoms with Crippen LogP contribution in [0.25, 0.3) is 0 Å². The van der Waals surface area contributed by atoms with E-state index in [-0.39, 0.29) is 11.2 Å². The van der Waals surface area contributed by atoms with Crippen LogP contribution in [0.4, 0.5) is 26.3 Å². The number of amides is 1. The highest BCUT2D eigenvalue weighted by molar-refractivity contribution is 5.97. The summed E-state index contributed by atoms with van der Waals surface area (Å²) >= 11 is 0. The molecule has 0 radical (unpaired) electrons. The van der Waals surface area contributed by atoms with Crippen molar-refractivity contribution in [1.82, 2.24) is 14.8 Å². The summed E-state index contributed by atoms with van der Waals surface area (Å²) in [5, 5.41) is 0. The molecule has 0 fully saturated rings. The zero-order valence-corrected chi connectivity index (χ0v) is 20.6. The van der Waals surface area contributed by atoms with E-state index in [9.17, 15) is 31.1 Å². The summed E-state index contributed by atoms with van der Waals surface area (Å²) in [6.45, 7) is 10.2. The Labute approximate surface area is 199 Å². The number of benzene rings is 1. The number of aromatic nitrogens is 2. The van der Waals surface area contributed by atoms with Crippen molar-refractivity contribution >= 4 is 5.91 Å². The normalized spacial score (nSPS) is 13.9. The Kier molecular flexibility index (Phi) is 7.90. The molecule has 35 heavy (non-hydrogen) atoms. The average Bonchev–Trinajstić information content (AvgIpc) is 2.98. The van der Waals surface area contributed by atoms with Gasteiger partial charge in [-0.15, -0.1) is 0 Å². The fraction of sp³-hybridized carbons (Fsp3) is 0.565. The van der Waals surface area contributed by atoms with E-state index in [2.05, 4.69) is 10.5 Å². The maximum Gasteiger partial charge on any atom is 0.416 e. The lowest BCUT2D eigenvalue weighted by molar-refractivity contribution is -0.138. The quantitative estimate of drug-likeness (QED) is 0.428. The highest BCUT2D eigenvalue weighted by Crippen LogP contribution is 2.33. The van der Waals surface area contributed by atoms with E-state index < -0.39 is 53.3 Å². The highest BCUT2D eigenvalue weighted by Gasteiger charge is 2.33. The Balaban J connectivity index is 2.66. The second-order valence-corrected chi connectivity index (χ2v) is 10.2. The summed E-state index contributed by atoms with van der Waals surface area (Å²) in [4.78, 5) is 22.4. The van der Waals surface area contributed by atoms with Crippen molar-refractivity contribution in [2.45, 2.75) is 77.8 Å². The summed E-state index contributed by atoms with van der Waals surface area (Å²) in [5.74, 6) is -1.29. The average molecular weight is 509 g/mol. The van der Waals surface area contributed by atoms with Gasteiger partial charge in [0.1, 0.15) is 0 Å². The molecule has 0 saturated carbocycles. The molecule has 0 saturated heterocycles. The lowest BCUT2D eigenvalue weighted by Gasteiger charge is -2.21. The van der Waals surface area contributed by atoms with Crippen molar-refractivity contribution in [2.24, 2.45) is 12.0 Å². The predicted molar refractivity (Wildman–Crippen MR) is 118 cm³/mol. The standard InChI is InChI=1S/C23H30F6N4O2/c1-20(2,3)17-13-18(33(32(17)7)11-10-22(24,25)26)30-19(34)15-12-14(23(27,28)29)8-9-16(15)35-31-21(4,5)6/h8-9,12-13,31H,10-11H2,1-7H3/b30-18+. The number of nitrogens with one attached hydrogen (secondary N) is 1. The highest BCUT2D eigenvalue weighted by atomic mass is 19.4. The zero-order valence-electron chi connectivity index (χ0n) is 20.6. The van der Waals surface area contributed by atoms with Gasteiger partial charge in [-0.1, -0.05) is 20.8 Å². The van der Waals surface area contributed by atoms with Crippen LogP contribution < -0.4 is 15.8 Å². The van der Waals surface area contributed by atoms with Gasteiger partial charge in [0.15, 0.2) is 11.2 Å². The van der Waals surface area contributed by atoms with Crippen LogP contribution in [0.1, 0.15) is 69.6 Å². The number of carbonyl (C=O) groups excluding carboxylic acids is 1.